The number of fused-ring (bicyclic) bond motifs is 1. The summed E-state index contributed by atoms with van der Waals surface area (Å²) in [7, 11) is 0. The van der Waals surface area contributed by atoms with E-state index in [4.69, 9.17) is 11.6 Å². The van der Waals surface area contributed by atoms with Crippen LogP contribution in [0.25, 0.3) is 0 Å². The van der Waals surface area contributed by atoms with Gasteiger partial charge in [0.05, 0.1) is 0 Å². The Balaban J connectivity index is 1.92. The summed E-state index contributed by atoms with van der Waals surface area (Å²) in [5, 5.41) is 0.849. The number of halogens is 1. The van der Waals surface area contributed by atoms with Gasteiger partial charge < -0.3 is 4.90 Å². The summed E-state index contributed by atoms with van der Waals surface area (Å²) in [4.78, 5) is 14.1. The fourth-order valence-corrected chi connectivity index (χ4v) is 3.71. The van der Waals surface area contributed by atoms with Crippen LogP contribution in [-0.2, 0) is 4.79 Å². The zero-order valence-electron chi connectivity index (χ0n) is 10.4. The average molecular weight is 264 g/mol. The van der Waals surface area contributed by atoms with Gasteiger partial charge in [-0.2, -0.15) is 0 Å². The molecule has 3 heteroatoms. The van der Waals surface area contributed by atoms with E-state index in [2.05, 4.69) is 11.0 Å². The first-order valence-electron chi connectivity index (χ1n) is 6.81. The molecule has 2 atom stereocenters. The van der Waals surface area contributed by atoms with E-state index >= 15 is 0 Å². The monoisotopic (exact) mass is 263 g/mol. The SMILES string of the molecule is O=C1CC[C@H](c2ccccc2Cl)[C@H]2CCCCN12. The minimum Gasteiger partial charge on any atom is -0.339 e. The number of carbonyl (C=O) groups is 1. The van der Waals surface area contributed by atoms with Gasteiger partial charge in [0.2, 0.25) is 5.91 Å². The molecule has 0 aliphatic carbocycles. The lowest BCUT2D eigenvalue weighted by Gasteiger charge is -2.44. The van der Waals surface area contributed by atoms with Crippen molar-refractivity contribution in [1.29, 1.82) is 0 Å². The Kier molecular flexibility index (Phi) is 3.29. The average Bonchev–Trinajstić information content (AvgIpc) is 2.41. The first-order chi connectivity index (χ1) is 8.77. The van der Waals surface area contributed by atoms with Gasteiger partial charge in [-0.3, -0.25) is 4.79 Å². The molecule has 2 fully saturated rings. The number of piperidine rings is 2. The molecule has 2 nitrogen and oxygen atoms in total. The Morgan fingerprint density at radius 1 is 1.17 bits per heavy atom. The maximum Gasteiger partial charge on any atom is 0.222 e. The van der Waals surface area contributed by atoms with Crippen molar-refractivity contribution in [3.63, 3.8) is 0 Å². The molecule has 2 aliphatic rings. The first kappa shape index (κ1) is 12.0. The Labute approximate surface area is 113 Å². The topological polar surface area (TPSA) is 20.3 Å². The minimum absolute atomic E-state index is 0.336. The summed E-state index contributed by atoms with van der Waals surface area (Å²) >= 11 is 6.32. The summed E-state index contributed by atoms with van der Waals surface area (Å²) in [6.45, 7) is 0.935. The number of carbonyl (C=O) groups excluding carboxylic acids is 1. The third-order valence-electron chi connectivity index (χ3n) is 4.31. The van der Waals surface area contributed by atoms with E-state index in [0.717, 1.165) is 30.8 Å². The van der Waals surface area contributed by atoms with Crippen molar-refractivity contribution in [3.8, 4) is 0 Å². The second kappa shape index (κ2) is 4.93. The quantitative estimate of drug-likeness (QED) is 0.758. The number of benzene rings is 1. The zero-order chi connectivity index (χ0) is 12.5. The lowest BCUT2D eigenvalue weighted by atomic mass is 9.79. The molecule has 1 aromatic rings. The molecule has 0 saturated carbocycles. The molecule has 0 aromatic heterocycles. The smallest absolute Gasteiger partial charge is 0.222 e. The fraction of sp³-hybridized carbons (Fsp3) is 0.533. The van der Waals surface area contributed by atoms with E-state index in [1.165, 1.54) is 12.0 Å². The van der Waals surface area contributed by atoms with Crippen molar-refractivity contribution in [1.82, 2.24) is 4.90 Å². The first-order valence-corrected chi connectivity index (χ1v) is 7.19. The molecule has 0 spiro atoms. The van der Waals surface area contributed by atoms with Gasteiger partial charge in [0, 0.05) is 29.9 Å². The number of nitrogens with zero attached hydrogens (tertiary/aromatic N) is 1. The predicted molar refractivity (Wildman–Crippen MR) is 72.8 cm³/mol. The highest BCUT2D eigenvalue weighted by Crippen LogP contribution is 2.40. The largest absolute Gasteiger partial charge is 0.339 e. The molecule has 2 saturated heterocycles. The van der Waals surface area contributed by atoms with Crippen LogP contribution < -0.4 is 0 Å². The summed E-state index contributed by atoms with van der Waals surface area (Å²) in [5.74, 6) is 0.764. The highest BCUT2D eigenvalue weighted by Gasteiger charge is 2.38. The number of hydrogen-bond donors (Lipinski definition) is 0. The third-order valence-corrected chi connectivity index (χ3v) is 4.65. The third kappa shape index (κ3) is 2.03. The van der Waals surface area contributed by atoms with Gasteiger partial charge in [-0.15, -0.1) is 0 Å². The Morgan fingerprint density at radius 2 is 2.00 bits per heavy atom. The second-order valence-corrected chi connectivity index (χ2v) is 5.72. The van der Waals surface area contributed by atoms with Crippen molar-refractivity contribution in [2.45, 2.75) is 44.1 Å². The van der Waals surface area contributed by atoms with E-state index in [1.807, 2.05) is 18.2 Å². The van der Waals surface area contributed by atoms with Gasteiger partial charge in [0.25, 0.3) is 0 Å². The molecule has 96 valence electrons. The van der Waals surface area contributed by atoms with Crippen molar-refractivity contribution in [2.75, 3.05) is 6.54 Å². The van der Waals surface area contributed by atoms with Crippen LogP contribution in [0.3, 0.4) is 0 Å². The maximum atomic E-state index is 12.0. The molecule has 1 aromatic carbocycles. The van der Waals surface area contributed by atoms with Crippen LogP contribution in [0.15, 0.2) is 24.3 Å². The van der Waals surface area contributed by atoms with Gasteiger partial charge in [0.1, 0.15) is 0 Å². The molecular weight excluding hydrogens is 246 g/mol. The molecule has 0 bridgehead atoms. The standard InChI is InChI=1S/C15H18ClNO/c16-13-6-2-1-5-11(13)12-8-9-15(18)17-10-4-3-7-14(12)17/h1-2,5-6,12,14H,3-4,7-10H2/t12-,14-/m1/s1. The van der Waals surface area contributed by atoms with Gasteiger partial charge in [0.15, 0.2) is 0 Å². The lowest BCUT2D eigenvalue weighted by molar-refractivity contribution is -0.138. The molecule has 2 aliphatic heterocycles. The molecular formula is C15H18ClNO. The van der Waals surface area contributed by atoms with Crippen LogP contribution in [0.4, 0.5) is 0 Å². The Morgan fingerprint density at radius 3 is 2.83 bits per heavy atom. The maximum absolute atomic E-state index is 12.0. The summed E-state index contributed by atoms with van der Waals surface area (Å²) in [5.41, 5.74) is 1.23. The van der Waals surface area contributed by atoms with E-state index < -0.39 is 0 Å². The molecule has 3 rings (SSSR count). The minimum atomic E-state index is 0.336. The Bertz CT molecular complexity index is 460. The molecule has 1 amide bonds. The predicted octanol–water partition coefficient (Wildman–Crippen LogP) is 3.60. The van der Waals surface area contributed by atoms with Crippen molar-refractivity contribution < 1.29 is 4.79 Å². The number of hydrogen-bond acceptors (Lipinski definition) is 1. The second-order valence-electron chi connectivity index (χ2n) is 5.32. The van der Waals surface area contributed by atoms with Crippen LogP contribution in [0.2, 0.25) is 5.02 Å². The van der Waals surface area contributed by atoms with E-state index in [9.17, 15) is 4.79 Å². The number of rotatable bonds is 1. The molecule has 0 radical (unpaired) electrons. The molecule has 18 heavy (non-hydrogen) atoms. The summed E-state index contributed by atoms with van der Waals surface area (Å²) in [6.07, 6.45) is 5.13. The van der Waals surface area contributed by atoms with Crippen molar-refractivity contribution in [2.24, 2.45) is 0 Å². The van der Waals surface area contributed by atoms with Crippen LogP contribution in [0, 0.1) is 0 Å². The number of amides is 1. The van der Waals surface area contributed by atoms with Crippen LogP contribution >= 0.6 is 11.6 Å². The van der Waals surface area contributed by atoms with Crippen LogP contribution in [0.1, 0.15) is 43.6 Å². The molecule has 0 unspecified atom stereocenters. The molecule has 0 N–H and O–H groups in total. The highest BCUT2D eigenvalue weighted by atomic mass is 35.5. The summed E-state index contributed by atoms with van der Waals surface area (Å²) in [6, 6.07) is 8.47. The van der Waals surface area contributed by atoms with Gasteiger partial charge in [-0.1, -0.05) is 29.8 Å². The van der Waals surface area contributed by atoms with Gasteiger partial charge in [-0.25, -0.2) is 0 Å². The Hall–Kier alpha value is -1.02. The van der Waals surface area contributed by atoms with Crippen molar-refractivity contribution >= 4 is 17.5 Å². The van der Waals surface area contributed by atoms with Crippen molar-refractivity contribution in [3.05, 3.63) is 34.9 Å². The summed E-state index contributed by atoms with van der Waals surface area (Å²) < 4.78 is 0. The molecule has 2 heterocycles. The highest BCUT2D eigenvalue weighted by molar-refractivity contribution is 6.31. The normalized spacial score (nSPS) is 28.1. The fourth-order valence-electron chi connectivity index (χ4n) is 3.44. The van der Waals surface area contributed by atoms with Gasteiger partial charge >= 0.3 is 0 Å². The van der Waals surface area contributed by atoms with E-state index in [1.54, 1.807) is 0 Å². The van der Waals surface area contributed by atoms with E-state index in [0.29, 0.717) is 24.3 Å². The van der Waals surface area contributed by atoms with Crippen LogP contribution in [-0.4, -0.2) is 23.4 Å². The van der Waals surface area contributed by atoms with Crippen LogP contribution in [0.5, 0.6) is 0 Å². The zero-order valence-corrected chi connectivity index (χ0v) is 11.2. The lowest BCUT2D eigenvalue weighted by Crippen LogP contribution is -2.50. The van der Waals surface area contributed by atoms with E-state index in [-0.39, 0.29) is 0 Å². The van der Waals surface area contributed by atoms with Gasteiger partial charge in [-0.05, 0) is 37.3 Å².